The highest BCUT2D eigenvalue weighted by Crippen LogP contribution is 2.24. The van der Waals surface area contributed by atoms with Gasteiger partial charge in [0.15, 0.2) is 0 Å². The van der Waals surface area contributed by atoms with Crippen LogP contribution in [-0.2, 0) is 9.59 Å². The Labute approximate surface area is 121 Å². The molecule has 0 fully saturated rings. The largest absolute Gasteiger partial charge is 0.480 e. The first-order valence-electron chi connectivity index (χ1n) is 6.29. The van der Waals surface area contributed by atoms with E-state index in [2.05, 4.69) is 10.6 Å². The first-order valence-corrected chi connectivity index (χ1v) is 6.29. The molecule has 0 aliphatic rings. The molecule has 0 bridgehead atoms. The monoisotopic (exact) mass is 295 g/mol. The Bertz CT molecular complexity index is 546. The van der Waals surface area contributed by atoms with E-state index in [0.717, 1.165) is 0 Å². The van der Waals surface area contributed by atoms with Gasteiger partial charge in [-0.3, -0.25) is 25.0 Å². The van der Waals surface area contributed by atoms with Crippen LogP contribution in [0.15, 0.2) is 24.3 Å². The number of carbonyl (C=O) groups excluding carboxylic acids is 1. The van der Waals surface area contributed by atoms with E-state index in [1.54, 1.807) is 6.92 Å². The van der Waals surface area contributed by atoms with Gasteiger partial charge in [0, 0.05) is 25.6 Å². The van der Waals surface area contributed by atoms with Crippen LogP contribution in [0.1, 0.15) is 25.5 Å². The van der Waals surface area contributed by atoms with Gasteiger partial charge in [0.1, 0.15) is 6.04 Å². The Hall–Kier alpha value is -2.48. The van der Waals surface area contributed by atoms with Crippen molar-refractivity contribution < 1.29 is 19.6 Å². The molecule has 1 amide bonds. The number of nitrogens with zero attached hydrogens (tertiary/aromatic N) is 1. The van der Waals surface area contributed by atoms with Crippen molar-refractivity contribution in [3.63, 3.8) is 0 Å². The Kier molecular flexibility index (Phi) is 5.79. The standard InChI is InChI=1S/C13H17N3O5/c1-8(15-9(2)17)7-14-12(13(18)19)10-5-3-4-6-11(10)16(20)21/h3-6,8,12,14H,7H2,1-2H3,(H,15,17)(H,18,19). The van der Waals surface area contributed by atoms with Crippen LogP contribution in [0.2, 0.25) is 0 Å². The fourth-order valence-corrected chi connectivity index (χ4v) is 1.92. The molecule has 1 rings (SSSR count). The maximum absolute atomic E-state index is 11.3. The first kappa shape index (κ1) is 16.6. The highest BCUT2D eigenvalue weighted by atomic mass is 16.6. The molecule has 1 aromatic rings. The summed E-state index contributed by atoms with van der Waals surface area (Å²) < 4.78 is 0. The smallest absolute Gasteiger partial charge is 0.325 e. The fraction of sp³-hybridized carbons (Fsp3) is 0.385. The lowest BCUT2D eigenvalue weighted by atomic mass is 10.0. The van der Waals surface area contributed by atoms with Gasteiger partial charge < -0.3 is 10.4 Å². The lowest BCUT2D eigenvalue weighted by molar-refractivity contribution is -0.385. The summed E-state index contributed by atoms with van der Waals surface area (Å²) in [4.78, 5) is 32.6. The molecule has 0 spiro atoms. The molecule has 8 nitrogen and oxygen atoms in total. The zero-order valence-electron chi connectivity index (χ0n) is 11.7. The molecule has 2 unspecified atom stereocenters. The van der Waals surface area contributed by atoms with Gasteiger partial charge in [-0.1, -0.05) is 12.1 Å². The summed E-state index contributed by atoms with van der Waals surface area (Å²) in [5, 5.41) is 25.5. The van der Waals surface area contributed by atoms with Gasteiger partial charge >= 0.3 is 5.97 Å². The molecule has 0 aliphatic carbocycles. The molecule has 21 heavy (non-hydrogen) atoms. The zero-order valence-corrected chi connectivity index (χ0v) is 11.7. The van der Waals surface area contributed by atoms with E-state index in [0.29, 0.717) is 0 Å². The third-order valence-corrected chi connectivity index (χ3v) is 2.77. The van der Waals surface area contributed by atoms with Crippen LogP contribution in [-0.4, -0.2) is 34.5 Å². The Balaban J connectivity index is 2.91. The summed E-state index contributed by atoms with van der Waals surface area (Å²) in [5.41, 5.74) is -0.186. The van der Waals surface area contributed by atoms with Gasteiger partial charge in [-0.15, -0.1) is 0 Å². The van der Waals surface area contributed by atoms with Gasteiger partial charge in [-0.25, -0.2) is 0 Å². The van der Waals surface area contributed by atoms with E-state index >= 15 is 0 Å². The Morgan fingerprint density at radius 1 is 1.38 bits per heavy atom. The number of para-hydroxylation sites is 1. The van der Waals surface area contributed by atoms with Crippen molar-refractivity contribution >= 4 is 17.6 Å². The van der Waals surface area contributed by atoms with Gasteiger partial charge in [-0.2, -0.15) is 0 Å². The van der Waals surface area contributed by atoms with Crippen LogP contribution in [0.3, 0.4) is 0 Å². The molecular weight excluding hydrogens is 278 g/mol. The summed E-state index contributed by atoms with van der Waals surface area (Å²) in [6, 6.07) is 4.14. The summed E-state index contributed by atoms with van der Waals surface area (Å²) in [6.45, 7) is 3.22. The van der Waals surface area contributed by atoms with E-state index in [9.17, 15) is 24.8 Å². The molecule has 0 saturated heterocycles. The van der Waals surface area contributed by atoms with Crippen molar-refractivity contribution in [1.29, 1.82) is 0 Å². The van der Waals surface area contributed by atoms with Crippen LogP contribution in [0.4, 0.5) is 5.69 Å². The van der Waals surface area contributed by atoms with E-state index in [4.69, 9.17) is 0 Å². The first-order chi connectivity index (χ1) is 9.82. The molecular formula is C13H17N3O5. The maximum Gasteiger partial charge on any atom is 0.325 e. The van der Waals surface area contributed by atoms with Crippen LogP contribution in [0.25, 0.3) is 0 Å². The molecule has 2 atom stereocenters. The molecule has 0 heterocycles. The Morgan fingerprint density at radius 3 is 2.52 bits per heavy atom. The summed E-state index contributed by atoms with van der Waals surface area (Å²) >= 11 is 0. The summed E-state index contributed by atoms with van der Waals surface area (Å²) in [6.07, 6.45) is 0. The minimum absolute atomic E-state index is 0.0741. The second kappa shape index (κ2) is 7.34. The third-order valence-electron chi connectivity index (χ3n) is 2.77. The molecule has 8 heteroatoms. The number of hydrogen-bond acceptors (Lipinski definition) is 5. The van der Waals surface area contributed by atoms with E-state index in [1.165, 1.54) is 31.2 Å². The van der Waals surface area contributed by atoms with Gasteiger partial charge in [0.25, 0.3) is 5.69 Å². The van der Waals surface area contributed by atoms with Crippen LogP contribution >= 0.6 is 0 Å². The number of hydrogen-bond donors (Lipinski definition) is 3. The van der Waals surface area contributed by atoms with E-state index in [1.807, 2.05) is 0 Å². The molecule has 0 aliphatic heterocycles. The quantitative estimate of drug-likeness (QED) is 0.506. The molecule has 1 aromatic carbocycles. The second-order valence-corrected chi connectivity index (χ2v) is 4.60. The number of nitrogens with one attached hydrogen (secondary N) is 2. The SMILES string of the molecule is CC(=O)NC(C)CNC(C(=O)O)c1ccccc1[N+](=O)[O-]. The zero-order chi connectivity index (χ0) is 16.0. The average Bonchev–Trinajstić information content (AvgIpc) is 2.38. The predicted molar refractivity (Wildman–Crippen MR) is 74.8 cm³/mol. The predicted octanol–water partition coefficient (Wildman–Crippen LogP) is 0.835. The van der Waals surface area contributed by atoms with E-state index < -0.39 is 16.9 Å². The van der Waals surface area contributed by atoms with E-state index in [-0.39, 0.29) is 29.7 Å². The molecule has 3 N–H and O–H groups in total. The number of amides is 1. The van der Waals surface area contributed by atoms with Crippen LogP contribution in [0.5, 0.6) is 0 Å². The lowest BCUT2D eigenvalue weighted by Gasteiger charge is -2.18. The van der Waals surface area contributed by atoms with Crippen molar-refractivity contribution in [3.8, 4) is 0 Å². The molecule has 0 saturated carbocycles. The van der Waals surface area contributed by atoms with Crippen molar-refractivity contribution in [2.45, 2.75) is 25.9 Å². The third kappa shape index (κ3) is 4.84. The van der Waals surface area contributed by atoms with Gasteiger partial charge in [0.2, 0.25) is 5.91 Å². The maximum atomic E-state index is 11.3. The topological polar surface area (TPSA) is 122 Å². The number of rotatable bonds is 7. The number of carbonyl (C=O) groups is 2. The number of carboxylic acid groups (broad SMARTS) is 1. The number of nitro groups is 1. The Morgan fingerprint density at radius 2 is 2.00 bits per heavy atom. The normalized spacial score (nSPS) is 13.2. The van der Waals surface area contributed by atoms with Gasteiger partial charge in [-0.05, 0) is 13.0 Å². The molecule has 0 radical (unpaired) electrons. The van der Waals surface area contributed by atoms with Crippen LogP contribution < -0.4 is 10.6 Å². The van der Waals surface area contributed by atoms with Crippen molar-refractivity contribution in [1.82, 2.24) is 10.6 Å². The minimum atomic E-state index is -1.22. The highest BCUT2D eigenvalue weighted by molar-refractivity contribution is 5.77. The molecule has 0 aromatic heterocycles. The average molecular weight is 295 g/mol. The highest BCUT2D eigenvalue weighted by Gasteiger charge is 2.27. The number of benzene rings is 1. The number of carboxylic acids is 1. The summed E-state index contributed by atoms with van der Waals surface area (Å²) in [5.74, 6) is -1.46. The van der Waals surface area contributed by atoms with Crippen molar-refractivity contribution in [2.24, 2.45) is 0 Å². The summed E-state index contributed by atoms with van der Waals surface area (Å²) in [7, 11) is 0. The van der Waals surface area contributed by atoms with Crippen LogP contribution in [0, 0.1) is 10.1 Å². The second-order valence-electron chi connectivity index (χ2n) is 4.60. The number of nitro benzene ring substituents is 1. The lowest BCUT2D eigenvalue weighted by Crippen LogP contribution is -2.41. The minimum Gasteiger partial charge on any atom is -0.480 e. The van der Waals surface area contributed by atoms with Gasteiger partial charge in [0.05, 0.1) is 10.5 Å². The molecule has 114 valence electrons. The fourth-order valence-electron chi connectivity index (χ4n) is 1.92. The van der Waals surface area contributed by atoms with Crippen molar-refractivity contribution in [2.75, 3.05) is 6.54 Å². The number of aliphatic carboxylic acids is 1. The van der Waals surface area contributed by atoms with Crippen molar-refractivity contribution in [3.05, 3.63) is 39.9 Å².